The minimum absolute atomic E-state index is 0.0972. The molecular formula is C21H26Cl2N2O3. The van der Waals surface area contributed by atoms with Gasteiger partial charge in [0.15, 0.2) is 0 Å². The predicted molar refractivity (Wildman–Crippen MR) is 114 cm³/mol. The van der Waals surface area contributed by atoms with Crippen LogP contribution >= 0.6 is 23.2 Å². The van der Waals surface area contributed by atoms with Gasteiger partial charge in [0, 0.05) is 24.2 Å². The number of halogens is 2. The first-order valence-electron chi connectivity index (χ1n) is 9.06. The van der Waals surface area contributed by atoms with Gasteiger partial charge in [0.2, 0.25) is 0 Å². The molecule has 0 heterocycles. The number of aliphatic hydroxyl groups excluding tert-OH is 1. The van der Waals surface area contributed by atoms with E-state index in [1.807, 2.05) is 32.0 Å². The molecule has 0 spiro atoms. The van der Waals surface area contributed by atoms with Gasteiger partial charge in [-0.2, -0.15) is 0 Å². The third kappa shape index (κ3) is 6.67. The van der Waals surface area contributed by atoms with Crippen LogP contribution in [0.25, 0.3) is 0 Å². The Morgan fingerprint density at radius 3 is 2.64 bits per heavy atom. The van der Waals surface area contributed by atoms with Crippen molar-refractivity contribution in [2.45, 2.75) is 32.4 Å². The van der Waals surface area contributed by atoms with Gasteiger partial charge in [-0.15, -0.1) is 0 Å². The molecule has 0 aromatic heterocycles. The summed E-state index contributed by atoms with van der Waals surface area (Å²) in [6.07, 6.45) is -0.439. The maximum Gasteiger partial charge on any atom is 0.309 e. The number of carbonyl (C=O) groups is 1. The number of anilines is 1. The second kappa shape index (κ2) is 10.7. The maximum atomic E-state index is 11.5. The van der Waals surface area contributed by atoms with Crippen molar-refractivity contribution in [1.82, 2.24) is 5.32 Å². The second-order valence-electron chi connectivity index (χ2n) is 6.77. The highest BCUT2D eigenvalue weighted by molar-refractivity contribution is 6.33. The molecule has 0 aliphatic heterocycles. The summed E-state index contributed by atoms with van der Waals surface area (Å²) in [5, 5.41) is 18.0. The van der Waals surface area contributed by atoms with Crippen molar-refractivity contribution in [3.63, 3.8) is 0 Å². The number of hydrogen-bond acceptors (Lipinski definition) is 5. The Kier molecular flexibility index (Phi) is 8.58. The zero-order valence-corrected chi connectivity index (χ0v) is 17.8. The molecule has 0 fully saturated rings. The highest BCUT2D eigenvalue weighted by Gasteiger charge is 2.12. The Bertz CT molecular complexity index is 814. The summed E-state index contributed by atoms with van der Waals surface area (Å²) < 4.78 is 4.71. The molecule has 0 aliphatic rings. The van der Waals surface area contributed by atoms with Crippen LogP contribution in [0.2, 0.25) is 10.0 Å². The van der Waals surface area contributed by atoms with Crippen LogP contribution in [0, 0.1) is 6.92 Å². The minimum Gasteiger partial charge on any atom is -0.469 e. The van der Waals surface area contributed by atoms with Crippen molar-refractivity contribution >= 4 is 34.9 Å². The SMILES string of the molecule is COC(=O)Cc1cc(Cl)c(NC[C@@H](C)NC[C@H](O)c2cccc(Cl)c2)cc1C. The number of hydrogen-bond donors (Lipinski definition) is 3. The molecule has 2 aromatic rings. The van der Waals surface area contributed by atoms with Crippen molar-refractivity contribution in [1.29, 1.82) is 0 Å². The lowest BCUT2D eigenvalue weighted by molar-refractivity contribution is -0.139. The van der Waals surface area contributed by atoms with Crippen LogP contribution in [0.4, 0.5) is 5.69 Å². The van der Waals surface area contributed by atoms with E-state index in [1.165, 1.54) is 7.11 Å². The summed E-state index contributed by atoms with van der Waals surface area (Å²) in [5.74, 6) is -0.295. The van der Waals surface area contributed by atoms with Gasteiger partial charge in [-0.05, 0) is 54.8 Å². The van der Waals surface area contributed by atoms with Crippen molar-refractivity contribution in [2.24, 2.45) is 0 Å². The summed E-state index contributed by atoms with van der Waals surface area (Å²) >= 11 is 12.3. The molecule has 28 heavy (non-hydrogen) atoms. The van der Waals surface area contributed by atoms with E-state index in [0.29, 0.717) is 23.1 Å². The molecule has 152 valence electrons. The predicted octanol–water partition coefficient (Wildman–Crippen LogP) is 4.14. The van der Waals surface area contributed by atoms with Crippen LogP contribution in [0.5, 0.6) is 0 Å². The van der Waals surface area contributed by atoms with Crippen LogP contribution in [0.1, 0.15) is 29.7 Å². The van der Waals surface area contributed by atoms with Crippen LogP contribution in [-0.2, 0) is 16.0 Å². The van der Waals surface area contributed by atoms with Gasteiger partial charge < -0.3 is 20.5 Å². The molecule has 2 atom stereocenters. The maximum absolute atomic E-state index is 11.5. The third-order valence-corrected chi connectivity index (χ3v) is 5.03. The fraction of sp³-hybridized carbons (Fsp3) is 0.381. The van der Waals surface area contributed by atoms with E-state index in [0.717, 1.165) is 22.4 Å². The number of methoxy groups -OCH3 is 1. The molecule has 5 nitrogen and oxygen atoms in total. The number of esters is 1. The zero-order valence-electron chi connectivity index (χ0n) is 16.3. The number of carbonyl (C=O) groups excluding carboxylic acids is 1. The van der Waals surface area contributed by atoms with Crippen LogP contribution in [0.15, 0.2) is 36.4 Å². The van der Waals surface area contributed by atoms with Crippen LogP contribution in [-0.4, -0.2) is 37.3 Å². The van der Waals surface area contributed by atoms with E-state index >= 15 is 0 Å². The number of aliphatic hydroxyl groups is 1. The molecular weight excluding hydrogens is 399 g/mol. The molecule has 3 N–H and O–H groups in total. The van der Waals surface area contributed by atoms with Gasteiger partial charge in [0.25, 0.3) is 0 Å². The van der Waals surface area contributed by atoms with Crippen molar-refractivity contribution in [2.75, 3.05) is 25.5 Å². The van der Waals surface area contributed by atoms with Gasteiger partial charge in [-0.25, -0.2) is 0 Å². The average Bonchev–Trinajstić information content (AvgIpc) is 2.67. The summed E-state index contributed by atoms with van der Waals surface area (Å²) in [6, 6.07) is 11.0. The highest BCUT2D eigenvalue weighted by Crippen LogP contribution is 2.26. The van der Waals surface area contributed by atoms with Crippen LogP contribution in [0.3, 0.4) is 0 Å². The summed E-state index contributed by atoms with van der Waals surface area (Å²) in [4.78, 5) is 11.5. The standard InChI is InChI=1S/C21H26Cl2N2O3/c1-13-7-19(18(23)9-16(13)10-21(27)28-3)25-11-14(2)24-12-20(26)15-5-4-6-17(22)8-15/h4-9,14,20,24-26H,10-12H2,1-3H3/t14-,20+/m1/s1. The topological polar surface area (TPSA) is 70.6 Å². The Hall–Kier alpha value is -1.79. The Labute approximate surface area is 176 Å². The van der Waals surface area contributed by atoms with E-state index in [-0.39, 0.29) is 18.4 Å². The summed E-state index contributed by atoms with van der Waals surface area (Å²) in [6.45, 7) is 4.98. The number of nitrogens with one attached hydrogen (secondary N) is 2. The fourth-order valence-corrected chi connectivity index (χ4v) is 3.21. The van der Waals surface area contributed by atoms with E-state index in [2.05, 4.69) is 10.6 Å². The number of ether oxygens (including phenoxy) is 1. The van der Waals surface area contributed by atoms with E-state index < -0.39 is 6.10 Å². The number of rotatable bonds is 9. The first kappa shape index (κ1) is 22.5. The average molecular weight is 425 g/mol. The van der Waals surface area contributed by atoms with E-state index in [4.69, 9.17) is 27.9 Å². The van der Waals surface area contributed by atoms with Gasteiger partial charge in [-0.3, -0.25) is 4.79 Å². The van der Waals surface area contributed by atoms with E-state index in [9.17, 15) is 9.90 Å². The normalized spacial score (nSPS) is 13.1. The fourth-order valence-electron chi connectivity index (χ4n) is 2.76. The summed E-state index contributed by atoms with van der Waals surface area (Å²) in [7, 11) is 1.37. The molecule has 0 aliphatic carbocycles. The van der Waals surface area contributed by atoms with Gasteiger partial charge in [0.1, 0.15) is 0 Å². The Morgan fingerprint density at radius 1 is 1.21 bits per heavy atom. The van der Waals surface area contributed by atoms with Gasteiger partial charge in [-0.1, -0.05) is 35.3 Å². The monoisotopic (exact) mass is 424 g/mol. The minimum atomic E-state index is -0.635. The van der Waals surface area contributed by atoms with Crippen molar-refractivity contribution < 1.29 is 14.6 Å². The lowest BCUT2D eigenvalue weighted by Gasteiger charge is -2.19. The Morgan fingerprint density at radius 2 is 1.96 bits per heavy atom. The largest absolute Gasteiger partial charge is 0.469 e. The molecule has 2 aromatic carbocycles. The smallest absolute Gasteiger partial charge is 0.309 e. The highest BCUT2D eigenvalue weighted by atomic mass is 35.5. The molecule has 0 unspecified atom stereocenters. The lowest BCUT2D eigenvalue weighted by atomic mass is 10.0. The van der Waals surface area contributed by atoms with Gasteiger partial charge >= 0.3 is 5.97 Å². The lowest BCUT2D eigenvalue weighted by Crippen LogP contribution is -2.35. The quantitative estimate of drug-likeness (QED) is 0.527. The second-order valence-corrected chi connectivity index (χ2v) is 7.62. The summed E-state index contributed by atoms with van der Waals surface area (Å²) in [5.41, 5.74) is 3.39. The van der Waals surface area contributed by atoms with Gasteiger partial charge in [0.05, 0.1) is 30.3 Å². The first-order valence-corrected chi connectivity index (χ1v) is 9.82. The van der Waals surface area contributed by atoms with Crippen molar-refractivity contribution in [3.05, 3.63) is 63.1 Å². The van der Waals surface area contributed by atoms with E-state index in [1.54, 1.807) is 18.2 Å². The third-order valence-electron chi connectivity index (χ3n) is 4.48. The van der Waals surface area contributed by atoms with Crippen molar-refractivity contribution in [3.8, 4) is 0 Å². The molecule has 0 radical (unpaired) electrons. The molecule has 0 amide bonds. The molecule has 0 saturated heterocycles. The molecule has 0 saturated carbocycles. The molecule has 0 bridgehead atoms. The molecule has 2 rings (SSSR count). The van der Waals surface area contributed by atoms with Crippen LogP contribution < -0.4 is 10.6 Å². The molecule has 7 heteroatoms. The number of aryl methyl sites for hydroxylation is 1. The number of benzene rings is 2. The Balaban J connectivity index is 1.87. The zero-order chi connectivity index (χ0) is 20.7. The first-order chi connectivity index (χ1) is 13.3.